The molecule has 1 nitrogen and oxygen atoms in total. The molecule has 0 bridgehead atoms. The molecule has 0 N–H and O–H groups in total. The van der Waals surface area contributed by atoms with Crippen molar-refractivity contribution in [1.29, 1.82) is 0 Å². The molecule has 1 aromatic heterocycles. The van der Waals surface area contributed by atoms with Crippen LogP contribution in [0.5, 0.6) is 0 Å². The standard InChI is InChI=1S/C7H8FN.C2H6/c1-5-3-7(8)4-6(2)9-5;1-2/h3-4H,1-2H3;1-2H3. The quantitative estimate of drug-likeness (QED) is 0.561. The van der Waals surface area contributed by atoms with Gasteiger partial charge in [0.05, 0.1) is 0 Å². The molecule has 2 heteroatoms. The Labute approximate surface area is 67.3 Å². The van der Waals surface area contributed by atoms with Crippen molar-refractivity contribution in [3.8, 4) is 0 Å². The van der Waals surface area contributed by atoms with Crippen molar-refractivity contribution in [3.63, 3.8) is 0 Å². The summed E-state index contributed by atoms with van der Waals surface area (Å²) >= 11 is 0. The van der Waals surface area contributed by atoms with Crippen molar-refractivity contribution in [2.45, 2.75) is 27.7 Å². The summed E-state index contributed by atoms with van der Waals surface area (Å²) in [7, 11) is 0. The fourth-order valence-electron chi connectivity index (χ4n) is 0.783. The number of rotatable bonds is 0. The van der Waals surface area contributed by atoms with E-state index >= 15 is 0 Å². The van der Waals surface area contributed by atoms with Crippen LogP contribution >= 0.6 is 0 Å². The van der Waals surface area contributed by atoms with Crippen LogP contribution in [0.1, 0.15) is 25.2 Å². The van der Waals surface area contributed by atoms with Gasteiger partial charge >= 0.3 is 0 Å². The Kier molecular flexibility index (Phi) is 4.42. The lowest BCUT2D eigenvalue weighted by molar-refractivity contribution is 0.621. The predicted molar refractivity (Wildman–Crippen MR) is 45.0 cm³/mol. The number of halogens is 1. The minimum absolute atomic E-state index is 0.208. The minimum Gasteiger partial charge on any atom is -0.258 e. The third-order valence-corrected chi connectivity index (χ3v) is 1.05. The molecule has 1 rings (SSSR count). The summed E-state index contributed by atoms with van der Waals surface area (Å²) in [6.07, 6.45) is 0. The van der Waals surface area contributed by atoms with Gasteiger partial charge in [-0.15, -0.1) is 0 Å². The van der Waals surface area contributed by atoms with E-state index in [1.807, 2.05) is 13.8 Å². The van der Waals surface area contributed by atoms with Crippen molar-refractivity contribution in [2.75, 3.05) is 0 Å². The fourth-order valence-corrected chi connectivity index (χ4v) is 0.783. The molecular formula is C9H14FN. The molecule has 0 saturated heterocycles. The first-order valence-corrected chi connectivity index (χ1v) is 3.79. The molecule has 0 fully saturated rings. The highest BCUT2D eigenvalue weighted by atomic mass is 19.1. The van der Waals surface area contributed by atoms with Gasteiger partial charge in [0.25, 0.3) is 0 Å². The van der Waals surface area contributed by atoms with Gasteiger partial charge in [0.1, 0.15) is 5.82 Å². The second-order valence-corrected chi connectivity index (χ2v) is 2.07. The maximum Gasteiger partial charge on any atom is 0.126 e. The summed E-state index contributed by atoms with van der Waals surface area (Å²) in [5, 5.41) is 0. The summed E-state index contributed by atoms with van der Waals surface area (Å²) in [5.74, 6) is -0.208. The highest BCUT2D eigenvalue weighted by Crippen LogP contribution is 2.01. The first-order valence-electron chi connectivity index (χ1n) is 3.79. The lowest BCUT2D eigenvalue weighted by atomic mass is 10.3. The van der Waals surface area contributed by atoms with Crippen molar-refractivity contribution in [3.05, 3.63) is 29.3 Å². The average molecular weight is 155 g/mol. The van der Waals surface area contributed by atoms with Crippen LogP contribution in [0.25, 0.3) is 0 Å². The zero-order valence-corrected chi connectivity index (χ0v) is 7.48. The second-order valence-electron chi connectivity index (χ2n) is 2.07. The van der Waals surface area contributed by atoms with Crippen molar-refractivity contribution < 1.29 is 4.39 Å². The molecule has 0 aliphatic carbocycles. The van der Waals surface area contributed by atoms with Crippen LogP contribution in [0, 0.1) is 19.7 Å². The first-order chi connectivity index (χ1) is 5.18. The summed E-state index contributed by atoms with van der Waals surface area (Å²) in [4.78, 5) is 3.99. The van der Waals surface area contributed by atoms with E-state index in [1.165, 1.54) is 12.1 Å². The molecule has 0 amide bonds. The molecule has 0 aliphatic rings. The Morgan fingerprint density at radius 3 is 1.73 bits per heavy atom. The van der Waals surface area contributed by atoms with E-state index in [0.717, 1.165) is 11.4 Å². The van der Waals surface area contributed by atoms with Crippen LogP contribution in [-0.2, 0) is 0 Å². The van der Waals surface area contributed by atoms with E-state index in [0.29, 0.717) is 0 Å². The Morgan fingerprint density at radius 1 is 1.09 bits per heavy atom. The SMILES string of the molecule is CC.Cc1cc(F)cc(C)n1. The van der Waals surface area contributed by atoms with Gasteiger partial charge in [-0.2, -0.15) is 0 Å². The number of aryl methyl sites for hydroxylation is 2. The van der Waals surface area contributed by atoms with Crippen LogP contribution in [-0.4, -0.2) is 4.98 Å². The van der Waals surface area contributed by atoms with E-state index in [9.17, 15) is 4.39 Å². The van der Waals surface area contributed by atoms with Gasteiger partial charge in [-0.05, 0) is 26.0 Å². The molecule has 0 aliphatic heterocycles. The third-order valence-electron chi connectivity index (χ3n) is 1.05. The smallest absolute Gasteiger partial charge is 0.126 e. The normalized spacial score (nSPS) is 8.45. The average Bonchev–Trinajstić information content (AvgIpc) is 1.88. The number of pyridine rings is 1. The van der Waals surface area contributed by atoms with E-state index < -0.39 is 0 Å². The van der Waals surface area contributed by atoms with Crippen LogP contribution in [0.3, 0.4) is 0 Å². The third kappa shape index (κ3) is 3.71. The highest BCUT2D eigenvalue weighted by Gasteiger charge is 1.92. The van der Waals surface area contributed by atoms with Gasteiger partial charge < -0.3 is 0 Å². The molecule has 0 atom stereocenters. The lowest BCUT2D eigenvalue weighted by Gasteiger charge is -1.93. The van der Waals surface area contributed by atoms with E-state index in [2.05, 4.69) is 4.98 Å². The van der Waals surface area contributed by atoms with E-state index in [1.54, 1.807) is 13.8 Å². The van der Waals surface area contributed by atoms with Gasteiger partial charge in [0, 0.05) is 11.4 Å². The van der Waals surface area contributed by atoms with Gasteiger partial charge in [-0.3, -0.25) is 4.98 Å². The molecule has 11 heavy (non-hydrogen) atoms. The monoisotopic (exact) mass is 155 g/mol. The Hall–Kier alpha value is -0.920. The van der Waals surface area contributed by atoms with Gasteiger partial charge in [-0.1, -0.05) is 13.8 Å². The fraction of sp³-hybridized carbons (Fsp3) is 0.444. The summed E-state index contributed by atoms with van der Waals surface area (Å²) < 4.78 is 12.4. The van der Waals surface area contributed by atoms with Crippen LogP contribution in [0.15, 0.2) is 12.1 Å². The lowest BCUT2D eigenvalue weighted by Crippen LogP contribution is -1.86. The molecule has 1 aromatic rings. The van der Waals surface area contributed by atoms with E-state index in [4.69, 9.17) is 0 Å². The van der Waals surface area contributed by atoms with Crippen molar-refractivity contribution in [2.24, 2.45) is 0 Å². The maximum absolute atomic E-state index is 12.4. The van der Waals surface area contributed by atoms with Gasteiger partial charge in [0.2, 0.25) is 0 Å². The first kappa shape index (κ1) is 10.1. The van der Waals surface area contributed by atoms with Crippen LogP contribution in [0.2, 0.25) is 0 Å². The molecule has 0 aromatic carbocycles. The summed E-state index contributed by atoms with van der Waals surface area (Å²) in [6, 6.07) is 2.82. The number of hydrogen-bond acceptors (Lipinski definition) is 1. The van der Waals surface area contributed by atoms with Gasteiger partial charge in [-0.25, -0.2) is 4.39 Å². The molecule has 0 saturated carbocycles. The van der Waals surface area contributed by atoms with Crippen molar-refractivity contribution >= 4 is 0 Å². The number of hydrogen-bond donors (Lipinski definition) is 0. The molecular weight excluding hydrogens is 141 g/mol. The molecule has 1 heterocycles. The largest absolute Gasteiger partial charge is 0.258 e. The molecule has 0 radical (unpaired) electrons. The van der Waals surface area contributed by atoms with E-state index in [-0.39, 0.29) is 5.82 Å². The number of aromatic nitrogens is 1. The summed E-state index contributed by atoms with van der Waals surface area (Å²) in [6.45, 7) is 7.55. The molecule has 62 valence electrons. The Bertz CT molecular complexity index is 170. The molecule has 0 spiro atoms. The van der Waals surface area contributed by atoms with Crippen LogP contribution in [0.4, 0.5) is 4.39 Å². The Balaban J connectivity index is 0.000000461. The van der Waals surface area contributed by atoms with Crippen LogP contribution < -0.4 is 0 Å². The minimum atomic E-state index is -0.208. The predicted octanol–water partition coefficient (Wildman–Crippen LogP) is 2.86. The maximum atomic E-state index is 12.4. The summed E-state index contributed by atoms with van der Waals surface area (Å²) in [5.41, 5.74) is 1.46. The topological polar surface area (TPSA) is 12.9 Å². The number of nitrogens with zero attached hydrogens (tertiary/aromatic N) is 1. The zero-order chi connectivity index (χ0) is 8.85. The Morgan fingerprint density at radius 2 is 1.45 bits per heavy atom. The highest BCUT2D eigenvalue weighted by molar-refractivity contribution is 5.10. The van der Waals surface area contributed by atoms with Crippen molar-refractivity contribution in [1.82, 2.24) is 4.98 Å². The zero-order valence-electron chi connectivity index (χ0n) is 7.48. The second kappa shape index (κ2) is 4.83. The molecule has 0 unspecified atom stereocenters. The van der Waals surface area contributed by atoms with Gasteiger partial charge in [0.15, 0.2) is 0 Å².